The standard InChI is InChI=1S/C13H19ClN2O3/c1-4-19-13(2,3)9-15-8-10-7-11(14)5-6-12(10)16(17)18/h5-7,15H,4,8-9H2,1-3H3. The third-order valence-corrected chi connectivity index (χ3v) is 2.87. The van der Waals surface area contributed by atoms with E-state index in [2.05, 4.69) is 5.32 Å². The summed E-state index contributed by atoms with van der Waals surface area (Å²) in [6, 6.07) is 4.56. The summed E-state index contributed by atoms with van der Waals surface area (Å²) in [6.07, 6.45) is 0. The van der Waals surface area contributed by atoms with Crippen molar-refractivity contribution >= 4 is 17.3 Å². The van der Waals surface area contributed by atoms with Gasteiger partial charge in [0.05, 0.1) is 10.5 Å². The van der Waals surface area contributed by atoms with E-state index in [4.69, 9.17) is 16.3 Å². The molecular formula is C13H19ClN2O3. The molecule has 0 aliphatic rings. The van der Waals surface area contributed by atoms with Crippen LogP contribution in [-0.2, 0) is 11.3 Å². The number of halogens is 1. The number of nitro benzene ring substituents is 1. The summed E-state index contributed by atoms with van der Waals surface area (Å²) in [4.78, 5) is 10.5. The molecule has 6 heteroatoms. The fraction of sp³-hybridized carbons (Fsp3) is 0.538. The number of nitrogens with zero attached hydrogens (tertiary/aromatic N) is 1. The lowest BCUT2D eigenvalue weighted by Gasteiger charge is -2.25. The van der Waals surface area contributed by atoms with Gasteiger partial charge in [-0.3, -0.25) is 10.1 Å². The molecule has 1 aromatic carbocycles. The van der Waals surface area contributed by atoms with E-state index in [0.29, 0.717) is 30.3 Å². The highest BCUT2D eigenvalue weighted by molar-refractivity contribution is 6.30. The molecule has 0 saturated carbocycles. The summed E-state index contributed by atoms with van der Waals surface area (Å²) in [6.45, 7) is 7.49. The molecule has 0 atom stereocenters. The van der Waals surface area contributed by atoms with Crippen LogP contribution in [0, 0.1) is 10.1 Å². The predicted molar refractivity (Wildman–Crippen MR) is 75.5 cm³/mol. The largest absolute Gasteiger partial charge is 0.375 e. The zero-order valence-electron chi connectivity index (χ0n) is 11.4. The second kappa shape index (κ2) is 6.84. The second-order valence-corrected chi connectivity index (χ2v) is 5.26. The Balaban J connectivity index is 2.67. The molecule has 0 saturated heterocycles. The Labute approximate surface area is 118 Å². The summed E-state index contributed by atoms with van der Waals surface area (Å²) >= 11 is 5.87. The van der Waals surface area contributed by atoms with Crippen molar-refractivity contribution in [3.63, 3.8) is 0 Å². The first-order chi connectivity index (χ1) is 8.85. The first-order valence-corrected chi connectivity index (χ1v) is 6.51. The van der Waals surface area contributed by atoms with E-state index in [0.717, 1.165) is 0 Å². The summed E-state index contributed by atoms with van der Waals surface area (Å²) < 4.78 is 5.55. The summed E-state index contributed by atoms with van der Waals surface area (Å²) in [5, 5.41) is 14.6. The molecule has 0 aliphatic heterocycles. The van der Waals surface area contributed by atoms with Crippen molar-refractivity contribution in [1.82, 2.24) is 5.32 Å². The average molecular weight is 287 g/mol. The van der Waals surface area contributed by atoms with Crippen molar-refractivity contribution in [3.05, 3.63) is 38.9 Å². The van der Waals surface area contributed by atoms with Crippen molar-refractivity contribution < 1.29 is 9.66 Å². The van der Waals surface area contributed by atoms with Crippen molar-refractivity contribution in [3.8, 4) is 0 Å². The van der Waals surface area contributed by atoms with E-state index in [1.165, 1.54) is 12.1 Å². The Bertz CT molecular complexity index is 450. The number of nitro groups is 1. The highest BCUT2D eigenvalue weighted by Crippen LogP contribution is 2.22. The lowest BCUT2D eigenvalue weighted by molar-refractivity contribution is -0.385. The van der Waals surface area contributed by atoms with Crippen LogP contribution in [0.1, 0.15) is 26.3 Å². The summed E-state index contributed by atoms with van der Waals surface area (Å²) in [5.74, 6) is 0. The Hall–Kier alpha value is -1.17. The maximum atomic E-state index is 10.9. The minimum atomic E-state index is -0.402. The fourth-order valence-electron chi connectivity index (χ4n) is 1.81. The second-order valence-electron chi connectivity index (χ2n) is 4.83. The van der Waals surface area contributed by atoms with Crippen molar-refractivity contribution in [2.45, 2.75) is 32.9 Å². The van der Waals surface area contributed by atoms with E-state index < -0.39 is 4.92 Å². The van der Waals surface area contributed by atoms with Crippen LogP contribution < -0.4 is 5.32 Å². The summed E-state index contributed by atoms with van der Waals surface area (Å²) in [5.41, 5.74) is 0.346. The first kappa shape index (κ1) is 15.9. The van der Waals surface area contributed by atoms with Crippen molar-refractivity contribution in [2.75, 3.05) is 13.2 Å². The van der Waals surface area contributed by atoms with Gasteiger partial charge < -0.3 is 10.1 Å². The van der Waals surface area contributed by atoms with Gasteiger partial charge in [0.15, 0.2) is 0 Å². The van der Waals surface area contributed by atoms with E-state index in [-0.39, 0.29) is 11.3 Å². The molecule has 5 nitrogen and oxygen atoms in total. The van der Waals surface area contributed by atoms with Crippen LogP contribution in [0.25, 0.3) is 0 Å². The third-order valence-electron chi connectivity index (χ3n) is 2.64. The summed E-state index contributed by atoms with van der Waals surface area (Å²) in [7, 11) is 0. The maximum absolute atomic E-state index is 10.9. The minimum Gasteiger partial charge on any atom is -0.375 e. The molecule has 106 valence electrons. The highest BCUT2D eigenvalue weighted by atomic mass is 35.5. The van der Waals surface area contributed by atoms with Crippen molar-refractivity contribution in [2.24, 2.45) is 0 Å². The minimum absolute atomic E-state index is 0.0751. The van der Waals surface area contributed by atoms with Crippen LogP contribution in [0.3, 0.4) is 0 Å². The van der Waals surface area contributed by atoms with Crippen LogP contribution >= 0.6 is 11.6 Å². The molecule has 1 rings (SSSR count). The first-order valence-electron chi connectivity index (χ1n) is 6.13. The topological polar surface area (TPSA) is 64.4 Å². The highest BCUT2D eigenvalue weighted by Gasteiger charge is 2.18. The number of benzene rings is 1. The lowest BCUT2D eigenvalue weighted by atomic mass is 10.1. The van der Waals surface area contributed by atoms with Crippen LogP contribution in [0.15, 0.2) is 18.2 Å². The molecule has 0 aliphatic carbocycles. The number of hydrogen-bond donors (Lipinski definition) is 1. The Kier molecular flexibility index (Phi) is 5.72. The zero-order valence-corrected chi connectivity index (χ0v) is 12.2. The molecule has 0 bridgehead atoms. The van der Waals surface area contributed by atoms with Crippen molar-refractivity contribution in [1.29, 1.82) is 0 Å². The quantitative estimate of drug-likeness (QED) is 0.618. The van der Waals surface area contributed by atoms with E-state index in [1.54, 1.807) is 6.07 Å². The number of hydrogen-bond acceptors (Lipinski definition) is 4. The Morgan fingerprint density at radius 1 is 1.47 bits per heavy atom. The van der Waals surface area contributed by atoms with Crippen LogP contribution in [0.2, 0.25) is 5.02 Å². The van der Waals surface area contributed by atoms with E-state index >= 15 is 0 Å². The van der Waals surface area contributed by atoms with Crippen LogP contribution in [0.4, 0.5) is 5.69 Å². The Morgan fingerprint density at radius 2 is 2.16 bits per heavy atom. The van der Waals surface area contributed by atoms with Gasteiger partial charge >= 0.3 is 0 Å². The van der Waals surface area contributed by atoms with Gasteiger partial charge in [0.25, 0.3) is 5.69 Å². The van der Waals surface area contributed by atoms with Gasteiger partial charge in [0.1, 0.15) is 0 Å². The number of nitrogens with one attached hydrogen (secondary N) is 1. The molecule has 1 aromatic rings. The lowest BCUT2D eigenvalue weighted by Crippen LogP contribution is -2.37. The molecule has 1 N–H and O–H groups in total. The van der Waals surface area contributed by atoms with Gasteiger partial charge in [-0.15, -0.1) is 0 Å². The van der Waals surface area contributed by atoms with Gasteiger partial charge in [-0.1, -0.05) is 11.6 Å². The number of rotatable bonds is 7. The molecular weight excluding hydrogens is 268 g/mol. The molecule has 0 heterocycles. The van der Waals surface area contributed by atoms with Gasteiger partial charge in [-0.05, 0) is 32.9 Å². The number of ether oxygens (including phenoxy) is 1. The maximum Gasteiger partial charge on any atom is 0.273 e. The van der Waals surface area contributed by atoms with E-state index in [9.17, 15) is 10.1 Å². The van der Waals surface area contributed by atoms with Gasteiger partial charge in [0.2, 0.25) is 0 Å². The molecule has 0 radical (unpaired) electrons. The third kappa shape index (κ3) is 5.14. The molecule has 0 fully saturated rings. The van der Waals surface area contributed by atoms with Crippen LogP contribution in [0.5, 0.6) is 0 Å². The Morgan fingerprint density at radius 3 is 2.74 bits per heavy atom. The monoisotopic (exact) mass is 286 g/mol. The molecule has 0 spiro atoms. The SMILES string of the molecule is CCOC(C)(C)CNCc1cc(Cl)ccc1[N+](=O)[O-]. The smallest absolute Gasteiger partial charge is 0.273 e. The zero-order chi connectivity index (χ0) is 14.5. The average Bonchev–Trinajstić information content (AvgIpc) is 2.28. The van der Waals surface area contributed by atoms with Gasteiger partial charge in [0, 0.05) is 36.3 Å². The molecule has 0 amide bonds. The van der Waals surface area contributed by atoms with Gasteiger partial charge in [-0.2, -0.15) is 0 Å². The fourth-order valence-corrected chi connectivity index (χ4v) is 2.01. The predicted octanol–water partition coefficient (Wildman–Crippen LogP) is 3.15. The normalized spacial score (nSPS) is 11.6. The molecule has 19 heavy (non-hydrogen) atoms. The molecule has 0 aromatic heterocycles. The van der Waals surface area contributed by atoms with Gasteiger partial charge in [-0.25, -0.2) is 0 Å². The molecule has 0 unspecified atom stereocenters. The van der Waals surface area contributed by atoms with E-state index in [1.807, 2.05) is 20.8 Å². The van der Waals surface area contributed by atoms with Crippen LogP contribution in [-0.4, -0.2) is 23.7 Å².